The summed E-state index contributed by atoms with van der Waals surface area (Å²) in [6, 6.07) is 15.5. The lowest BCUT2D eigenvalue weighted by Gasteiger charge is -2.30. The molecule has 1 amide bonds. The first-order chi connectivity index (χ1) is 16.8. The van der Waals surface area contributed by atoms with E-state index in [0.717, 1.165) is 45.5 Å². The summed E-state index contributed by atoms with van der Waals surface area (Å²) in [5.74, 6) is 0.126. The van der Waals surface area contributed by atoms with Crippen molar-refractivity contribution in [1.29, 1.82) is 0 Å². The number of nitrogens with zero attached hydrogens (tertiary/aromatic N) is 2. The van der Waals surface area contributed by atoms with Crippen LogP contribution in [0, 0.1) is 0 Å². The lowest BCUT2D eigenvalue weighted by Crippen LogP contribution is -2.44. The number of ether oxygens (including phenoxy) is 2. The average Bonchev–Trinajstić information content (AvgIpc) is 3.22. The third kappa shape index (κ3) is 5.06. The molecule has 0 unspecified atom stereocenters. The van der Waals surface area contributed by atoms with E-state index >= 15 is 0 Å². The first-order valence-electron chi connectivity index (χ1n) is 12.0. The third-order valence-corrected chi connectivity index (χ3v) is 6.33. The summed E-state index contributed by atoms with van der Waals surface area (Å²) in [7, 11) is 1.65. The average molecular weight is 473 g/mol. The van der Waals surface area contributed by atoms with Crippen molar-refractivity contribution in [2.24, 2.45) is 0 Å². The second kappa shape index (κ2) is 10.3. The number of aromatic nitrogens is 1. The van der Waals surface area contributed by atoms with Gasteiger partial charge >= 0.3 is 5.97 Å². The van der Waals surface area contributed by atoms with Gasteiger partial charge in [0, 0.05) is 17.5 Å². The summed E-state index contributed by atoms with van der Waals surface area (Å²) in [5, 5.41) is 0.749. The van der Waals surface area contributed by atoms with Crippen molar-refractivity contribution < 1.29 is 19.1 Å². The van der Waals surface area contributed by atoms with Crippen molar-refractivity contribution in [2.75, 3.05) is 13.7 Å². The lowest BCUT2D eigenvalue weighted by atomic mass is 10.0. The zero-order chi connectivity index (χ0) is 25.1. The highest BCUT2D eigenvalue weighted by molar-refractivity contribution is 6.07. The van der Waals surface area contributed by atoms with Gasteiger partial charge in [-0.15, -0.1) is 0 Å². The molecule has 1 heterocycles. The second-order valence-electron chi connectivity index (χ2n) is 9.34. The van der Waals surface area contributed by atoms with Crippen molar-refractivity contribution in [1.82, 2.24) is 9.88 Å². The van der Waals surface area contributed by atoms with Gasteiger partial charge < -0.3 is 14.4 Å². The monoisotopic (exact) mass is 472 g/mol. The fourth-order valence-electron chi connectivity index (χ4n) is 4.86. The number of rotatable bonds is 7. The fraction of sp³-hybridized carbons (Fsp3) is 0.345. The van der Waals surface area contributed by atoms with E-state index in [1.165, 1.54) is 0 Å². The van der Waals surface area contributed by atoms with Gasteiger partial charge in [-0.05, 0) is 81.5 Å². The highest BCUT2D eigenvalue weighted by Crippen LogP contribution is 2.38. The molecule has 0 radical (unpaired) electrons. The van der Waals surface area contributed by atoms with Gasteiger partial charge in [-0.25, -0.2) is 9.78 Å². The van der Waals surface area contributed by atoms with Crippen LogP contribution in [0.25, 0.3) is 22.6 Å². The molecule has 0 spiro atoms. The number of carbonyl (C=O) groups is 2. The number of methoxy groups -OCH3 is 1. The zero-order valence-corrected chi connectivity index (χ0v) is 21.0. The first-order valence-corrected chi connectivity index (χ1v) is 12.0. The molecule has 6 nitrogen and oxygen atoms in total. The Labute approximate surface area is 206 Å². The van der Waals surface area contributed by atoms with E-state index < -0.39 is 5.97 Å². The molecule has 0 fully saturated rings. The Bertz CT molecular complexity index is 1270. The molecular formula is C29H32N2O4. The summed E-state index contributed by atoms with van der Waals surface area (Å²) >= 11 is 0. The van der Waals surface area contributed by atoms with Crippen molar-refractivity contribution in [3.05, 3.63) is 70.9 Å². The molecule has 0 aliphatic heterocycles. The van der Waals surface area contributed by atoms with Crippen molar-refractivity contribution in [3.63, 3.8) is 0 Å². The van der Waals surface area contributed by atoms with Gasteiger partial charge in [0.15, 0.2) is 6.61 Å². The minimum atomic E-state index is -0.480. The van der Waals surface area contributed by atoms with Crippen LogP contribution in [0.3, 0.4) is 0 Å². The second-order valence-corrected chi connectivity index (χ2v) is 9.34. The van der Waals surface area contributed by atoms with E-state index in [0.29, 0.717) is 12.0 Å². The van der Waals surface area contributed by atoms with Crippen LogP contribution in [0.5, 0.6) is 5.75 Å². The zero-order valence-electron chi connectivity index (χ0n) is 21.0. The molecule has 2 aromatic carbocycles. The van der Waals surface area contributed by atoms with E-state index in [1.54, 1.807) is 12.0 Å². The lowest BCUT2D eigenvalue weighted by molar-refractivity contribution is -0.138. The minimum Gasteiger partial charge on any atom is -0.497 e. The molecule has 1 aromatic heterocycles. The largest absolute Gasteiger partial charge is 0.497 e. The maximum Gasteiger partial charge on any atom is 0.339 e. The van der Waals surface area contributed by atoms with Crippen LogP contribution >= 0.6 is 0 Å². The van der Waals surface area contributed by atoms with Crippen molar-refractivity contribution in [2.45, 2.75) is 52.6 Å². The molecule has 35 heavy (non-hydrogen) atoms. The van der Waals surface area contributed by atoms with E-state index in [9.17, 15) is 9.59 Å². The standard InChI is InChI=1S/C29H32N2O4/c1-18(2)31(19(3)4)26(32)17-35-29(33)27-23-8-6-7-9-25(23)30-28-21(12-15-24(27)28)16-20-10-13-22(34-5)14-11-20/h6-11,13-14,16,18-19H,12,15,17H2,1-5H3. The predicted molar refractivity (Wildman–Crippen MR) is 138 cm³/mol. The Morgan fingerprint density at radius 1 is 1.00 bits per heavy atom. The normalized spacial score (nSPS) is 14.0. The molecule has 6 heteroatoms. The highest BCUT2D eigenvalue weighted by Gasteiger charge is 2.29. The number of hydrogen-bond acceptors (Lipinski definition) is 5. The summed E-state index contributed by atoms with van der Waals surface area (Å²) < 4.78 is 10.8. The summed E-state index contributed by atoms with van der Waals surface area (Å²) in [6.45, 7) is 7.55. The summed E-state index contributed by atoms with van der Waals surface area (Å²) in [5.41, 5.74) is 5.07. The van der Waals surface area contributed by atoms with Crippen LogP contribution in [0.1, 0.15) is 61.3 Å². The third-order valence-electron chi connectivity index (χ3n) is 6.33. The number of allylic oxidation sites excluding steroid dienone is 1. The van der Waals surface area contributed by atoms with Gasteiger partial charge in [-0.2, -0.15) is 0 Å². The maximum atomic E-state index is 13.4. The number of esters is 1. The molecule has 3 aromatic rings. The smallest absolute Gasteiger partial charge is 0.339 e. The fourth-order valence-corrected chi connectivity index (χ4v) is 4.86. The number of amides is 1. The topological polar surface area (TPSA) is 68.7 Å². The van der Waals surface area contributed by atoms with Crippen molar-refractivity contribution in [3.8, 4) is 5.75 Å². The number of benzene rings is 2. The van der Waals surface area contributed by atoms with E-state index in [-0.39, 0.29) is 24.6 Å². The van der Waals surface area contributed by atoms with Crippen molar-refractivity contribution >= 4 is 34.4 Å². The predicted octanol–water partition coefficient (Wildman–Crippen LogP) is 5.53. The summed E-state index contributed by atoms with van der Waals surface area (Å²) in [4.78, 5) is 32.8. The van der Waals surface area contributed by atoms with Gasteiger partial charge in [0.1, 0.15) is 5.75 Å². The molecule has 0 bridgehead atoms. The molecule has 0 N–H and O–H groups in total. The Kier molecular flexibility index (Phi) is 7.20. The van der Waals surface area contributed by atoms with Gasteiger partial charge in [0.25, 0.3) is 5.91 Å². The molecule has 1 aliphatic carbocycles. The number of fused-ring (bicyclic) bond motifs is 2. The number of pyridine rings is 1. The number of carbonyl (C=O) groups excluding carboxylic acids is 2. The van der Waals surface area contributed by atoms with Crippen LogP contribution < -0.4 is 4.74 Å². The number of hydrogen-bond donors (Lipinski definition) is 0. The van der Waals surface area contributed by atoms with Crippen LogP contribution in [0.15, 0.2) is 48.5 Å². The Hall–Kier alpha value is -3.67. The van der Waals surface area contributed by atoms with Gasteiger partial charge in [-0.1, -0.05) is 30.3 Å². The van der Waals surface area contributed by atoms with E-state index in [4.69, 9.17) is 14.5 Å². The van der Waals surface area contributed by atoms with Gasteiger partial charge in [-0.3, -0.25) is 4.79 Å². The quantitative estimate of drug-likeness (QED) is 0.423. The van der Waals surface area contributed by atoms with Gasteiger partial charge in [0.2, 0.25) is 0 Å². The minimum absolute atomic E-state index is 0.0258. The maximum absolute atomic E-state index is 13.4. The molecule has 182 valence electrons. The Morgan fingerprint density at radius 3 is 2.34 bits per heavy atom. The van der Waals surface area contributed by atoms with Crippen LogP contribution in [0.2, 0.25) is 0 Å². The van der Waals surface area contributed by atoms with E-state index in [2.05, 4.69) is 6.08 Å². The SMILES string of the molecule is COc1ccc(C=C2CCc3c2nc2ccccc2c3C(=O)OCC(=O)N(C(C)C)C(C)C)cc1. The van der Waals surface area contributed by atoms with Crippen LogP contribution in [-0.4, -0.2) is 47.6 Å². The highest BCUT2D eigenvalue weighted by atomic mass is 16.5. The number of para-hydroxylation sites is 1. The summed E-state index contributed by atoms with van der Waals surface area (Å²) in [6.07, 6.45) is 3.57. The molecule has 0 saturated carbocycles. The molecule has 0 saturated heterocycles. The molecular weight excluding hydrogens is 440 g/mol. The Morgan fingerprint density at radius 2 is 1.69 bits per heavy atom. The molecule has 0 atom stereocenters. The van der Waals surface area contributed by atoms with Gasteiger partial charge in [0.05, 0.1) is 23.9 Å². The van der Waals surface area contributed by atoms with Crippen LogP contribution in [0.4, 0.5) is 0 Å². The Balaban J connectivity index is 1.68. The molecule has 4 rings (SSSR count). The van der Waals surface area contributed by atoms with E-state index in [1.807, 2.05) is 76.2 Å². The van der Waals surface area contributed by atoms with Crippen LogP contribution in [-0.2, 0) is 16.0 Å². The molecule has 1 aliphatic rings. The first kappa shape index (κ1) is 24.5.